The fourth-order valence-corrected chi connectivity index (χ4v) is 4.87. The second-order valence-electron chi connectivity index (χ2n) is 6.78. The van der Waals surface area contributed by atoms with E-state index in [9.17, 15) is 26.8 Å². The van der Waals surface area contributed by atoms with Crippen molar-refractivity contribution in [3.8, 4) is 0 Å². The van der Waals surface area contributed by atoms with Gasteiger partial charge in [-0.25, -0.2) is 17.2 Å². The highest BCUT2D eigenvalue weighted by molar-refractivity contribution is 7.89. The maximum atomic E-state index is 13.1. The zero-order chi connectivity index (χ0) is 21.7. The molecule has 0 spiro atoms. The predicted octanol–water partition coefficient (Wildman–Crippen LogP) is 1.66. The molecule has 0 aliphatic carbocycles. The lowest BCUT2D eigenvalue weighted by Crippen LogP contribution is -2.47. The molecule has 0 unspecified atom stereocenters. The first kappa shape index (κ1) is 21.8. The van der Waals surface area contributed by atoms with E-state index in [1.165, 1.54) is 36.4 Å². The highest BCUT2D eigenvalue weighted by atomic mass is 32.2. The Morgan fingerprint density at radius 1 is 0.933 bits per heavy atom. The molecule has 0 bridgehead atoms. The van der Waals surface area contributed by atoms with Crippen LogP contribution in [-0.4, -0.2) is 50.2 Å². The maximum absolute atomic E-state index is 13.1. The summed E-state index contributed by atoms with van der Waals surface area (Å²) in [4.78, 5) is 24.4. The fourth-order valence-electron chi connectivity index (χ4n) is 3.21. The van der Waals surface area contributed by atoms with Crippen LogP contribution in [0, 0.1) is 11.6 Å². The molecule has 0 aromatic heterocycles. The van der Waals surface area contributed by atoms with E-state index in [1.807, 2.05) is 0 Å². The average Bonchev–Trinajstić information content (AvgIpc) is 3.23. The predicted molar refractivity (Wildman–Crippen MR) is 105 cm³/mol. The maximum Gasteiger partial charge on any atom is 0.251 e. The van der Waals surface area contributed by atoms with E-state index >= 15 is 0 Å². The van der Waals surface area contributed by atoms with Gasteiger partial charge in [-0.2, -0.15) is 4.31 Å². The Labute approximate surface area is 173 Å². The van der Waals surface area contributed by atoms with Crippen molar-refractivity contribution in [1.82, 2.24) is 14.9 Å². The van der Waals surface area contributed by atoms with E-state index in [1.54, 1.807) is 0 Å². The quantitative estimate of drug-likeness (QED) is 0.644. The van der Waals surface area contributed by atoms with Crippen molar-refractivity contribution < 1.29 is 26.8 Å². The molecule has 2 aromatic rings. The van der Waals surface area contributed by atoms with E-state index in [0.29, 0.717) is 12.8 Å². The Bertz CT molecular complexity index is 1010. The van der Waals surface area contributed by atoms with Gasteiger partial charge >= 0.3 is 0 Å². The van der Waals surface area contributed by atoms with Crippen LogP contribution in [0.15, 0.2) is 53.4 Å². The number of amides is 2. The second kappa shape index (κ2) is 9.31. The van der Waals surface area contributed by atoms with Gasteiger partial charge in [0, 0.05) is 25.2 Å². The van der Waals surface area contributed by atoms with Crippen molar-refractivity contribution in [3.63, 3.8) is 0 Å². The molecule has 0 saturated carbocycles. The molecule has 1 fully saturated rings. The van der Waals surface area contributed by atoms with Crippen LogP contribution in [0.25, 0.3) is 0 Å². The molecular formula is C20H21F2N3O4S. The third-order valence-corrected chi connectivity index (χ3v) is 6.67. The molecule has 1 aliphatic rings. The lowest BCUT2D eigenvalue weighted by molar-refractivity contribution is -0.124. The lowest BCUT2D eigenvalue weighted by Gasteiger charge is -2.23. The molecule has 160 valence electrons. The zero-order valence-electron chi connectivity index (χ0n) is 16.0. The van der Waals surface area contributed by atoms with Crippen molar-refractivity contribution in [1.29, 1.82) is 0 Å². The van der Waals surface area contributed by atoms with Gasteiger partial charge in [-0.1, -0.05) is 0 Å². The Morgan fingerprint density at radius 3 is 2.13 bits per heavy atom. The third-order valence-electron chi connectivity index (χ3n) is 4.74. The van der Waals surface area contributed by atoms with Crippen molar-refractivity contribution in [3.05, 3.63) is 65.7 Å². The molecule has 10 heteroatoms. The Balaban J connectivity index is 1.53. The largest absolute Gasteiger partial charge is 0.353 e. The van der Waals surface area contributed by atoms with Crippen LogP contribution in [-0.2, 0) is 14.8 Å². The number of hydrogen-bond donors (Lipinski definition) is 2. The third kappa shape index (κ3) is 5.00. The molecule has 30 heavy (non-hydrogen) atoms. The number of benzene rings is 2. The van der Waals surface area contributed by atoms with Crippen LogP contribution >= 0.6 is 0 Å². The molecule has 0 radical (unpaired) electrons. The van der Waals surface area contributed by atoms with Crippen LogP contribution in [0.1, 0.15) is 23.2 Å². The van der Waals surface area contributed by atoms with Crippen LogP contribution in [0.2, 0.25) is 0 Å². The number of nitrogens with one attached hydrogen (secondary N) is 2. The Morgan fingerprint density at radius 2 is 1.50 bits per heavy atom. The lowest BCUT2D eigenvalue weighted by atomic mass is 10.2. The van der Waals surface area contributed by atoms with Gasteiger partial charge in [0.25, 0.3) is 5.91 Å². The highest BCUT2D eigenvalue weighted by Gasteiger charge is 2.39. The molecule has 2 amide bonds. The molecule has 1 heterocycles. The van der Waals surface area contributed by atoms with Gasteiger partial charge in [-0.15, -0.1) is 0 Å². The number of halogens is 2. The number of carbonyl (C=O) groups excluding carboxylic acids is 2. The molecule has 7 nitrogen and oxygen atoms in total. The topological polar surface area (TPSA) is 95.6 Å². The summed E-state index contributed by atoms with van der Waals surface area (Å²) in [7, 11) is -3.93. The number of nitrogens with zero attached hydrogens (tertiary/aromatic N) is 1. The molecular weight excluding hydrogens is 416 g/mol. The normalized spacial score (nSPS) is 16.9. The summed E-state index contributed by atoms with van der Waals surface area (Å²) >= 11 is 0. The van der Waals surface area contributed by atoms with E-state index in [0.717, 1.165) is 16.4 Å². The average molecular weight is 437 g/mol. The first-order valence-corrected chi connectivity index (χ1v) is 10.8. The van der Waals surface area contributed by atoms with Crippen LogP contribution in [0.4, 0.5) is 8.78 Å². The van der Waals surface area contributed by atoms with Crippen molar-refractivity contribution in [2.45, 2.75) is 23.8 Å². The van der Waals surface area contributed by atoms with Gasteiger partial charge < -0.3 is 10.6 Å². The number of hydrogen-bond acceptors (Lipinski definition) is 4. The Hall–Kier alpha value is -2.85. The standard InChI is InChI=1S/C20H21F2N3O4S/c21-15-5-3-14(4-6-15)19(26)23-11-12-24-20(27)18-2-1-13-25(18)30(28,29)17-9-7-16(22)8-10-17/h3-10,18H,1-2,11-13H2,(H,23,26)(H,24,27)/t18-/m0/s1. The van der Waals surface area contributed by atoms with E-state index in [2.05, 4.69) is 10.6 Å². The summed E-state index contributed by atoms with van der Waals surface area (Å²) in [6.45, 7) is 0.422. The number of rotatable bonds is 7. The van der Waals surface area contributed by atoms with Crippen molar-refractivity contribution in [2.24, 2.45) is 0 Å². The summed E-state index contributed by atoms with van der Waals surface area (Å²) < 4.78 is 52.7. The molecule has 3 rings (SSSR count). The molecule has 1 aliphatic heterocycles. The van der Waals surface area contributed by atoms with E-state index in [-0.39, 0.29) is 30.1 Å². The minimum atomic E-state index is -3.93. The van der Waals surface area contributed by atoms with Crippen LogP contribution in [0.5, 0.6) is 0 Å². The highest BCUT2D eigenvalue weighted by Crippen LogP contribution is 2.26. The van der Waals surface area contributed by atoms with Crippen LogP contribution in [0.3, 0.4) is 0 Å². The molecule has 1 saturated heterocycles. The van der Waals surface area contributed by atoms with Gasteiger partial charge in [0.1, 0.15) is 17.7 Å². The van der Waals surface area contributed by atoms with Crippen molar-refractivity contribution in [2.75, 3.05) is 19.6 Å². The monoisotopic (exact) mass is 437 g/mol. The van der Waals surface area contributed by atoms with Crippen molar-refractivity contribution >= 4 is 21.8 Å². The Kier molecular flexibility index (Phi) is 6.78. The first-order chi connectivity index (χ1) is 14.3. The molecule has 2 aromatic carbocycles. The van der Waals surface area contributed by atoms with Gasteiger partial charge in [0.15, 0.2) is 0 Å². The van der Waals surface area contributed by atoms with Gasteiger partial charge in [-0.05, 0) is 61.4 Å². The van der Waals surface area contributed by atoms with E-state index < -0.39 is 39.5 Å². The fraction of sp³-hybridized carbons (Fsp3) is 0.300. The molecule has 2 N–H and O–H groups in total. The summed E-state index contributed by atoms with van der Waals surface area (Å²) in [6, 6.07) is 8.63. The summed E-state index contributed by atoms with van der Waals surface area (Å²) in [6.07, 6.45) is 0.897. The SMILES string of the molecule is O=C(NCCNC(=O)[C@@H]1CCCN1S(=O)(=O)c1ccc(F)cc1)c1ccc(F)cc1. The van der Waals surface area contributed by atoms with Crippen LogP contribution < -0.4 is 10.6 Å². The number of carbonyl (C=O) groups is 2. The van der Waals surface area contributed by atoms with Gasteiger partial charge in [0.2, 0.25) is 15.9 Å². The number of sulfonamides is 1. The molecule has 1 atom stereocenters. The van der Waals surface area contributed by atoms with Gasteiger partial charge in [-0.3, -0.25) is 9.59 Å². The second-order valence-corrected chi connectivity index (χ2v) is 8.67. The summed E-state index contributed by atoms with van der Waals surface area (Å²) in [5, 5.41) is 5.22. The zero-order valence-corrected chi connectivity index (χ0v) is 16.8. The first-order valence-electron chi connectivity index (χ1n) is 9.38. The summed E-state index contributed by atoms with van der Waals surface area (Å²) in [5.41, 5.74) is 0.287. The smallest absolute Gasteiger partial charge is 0.251 e. The van der Waals surface area contributed by atoms with Gasteiger partial charge in [0.05, 0.1) is 4.90 Å². The van der Waals surface area contributed by atoms with E-state index in [4.69, 9.17) is 0 Å². The minimum Gasteiger partial charge on any atom is -0.353 e. The minimum absolute atomic E-state index is 0.0739. The summed E-state index contributed by atoms with van der Waals surface area (Å²) in [5.74, 6) is -1.87.